The van der Waals surface area contributed by atoms with Crippen LogP contribution in [0.25, 0.3) is 22.2 Å². The molecule has 1 aliphatic rings. The van der Waals surface area contributed by atoms with Crippen molar-refractivity contribution in [3.63, 3.8) is 0 Å². The van der Waals surface area contributed by atoms with E-state index in [0.29, 0.717) is 6.54 Å². The first kappa shape index (κ1) is 23.2. The molecule has 0 amide bonds. The van der Waals surface area contributed by atoms with Crippen LogP contribution >= 0.6 is 0 Å². The van der Waals surface area contributed by atoms with Gasteiger partial charge in [0.1, 0.15) is 18.5 Å². The van der Waals surface area contributed by atoms with Crippen molar-refractivity contribution in [1.29, 1.82) is 0 Å². The molecule has 0 aliphatic carbocycles. The molecule has 7 heteroatoms. The Balaban J connectivity index is 1.20. The number of aryl methyl sites for hydroxylation is 1. The van der Waals surface area contributed by atoms with E-state index < -0.39 is 6.10 Å². The maximum absolute atomic E-state index is 10.7. The summed E-state index contributed by atoms with van der Waals surface area (Å²) in [6.07, 6.45) is 2.14. The molecule has 0 radical (unpaired) electrons. The summed E-state index contributed by atoms with van der Waals surface area (Å²) in [6, 6.07) is 18.3. The minimum absolute atomic E-state index is 0.236. The summed E-state index contributed by atoms with van der Waals surface area (Å²) in [5.74, 6) is 2.24. The van der Waals surface area contributed by atoms with Crippen molar-refractivity contribution < 1.29 is 19.3 Å². The van der Waals surface area contributed by atoms with Crippen LogP contribution in [0, 0.1) is 0 Å². The molecule has 0 saturated carbocycles. The normalized spacial score (nSPS) is 14.5. The van der Waals surface area contributed by atoms with E-state index in [9.17, 15) is 5.11 Å². The molecule has 4 aromatic rings. The lowest BCUT2D eigenvalue weighted by molar-refractivity contribution is 0.0637. The quantitative estimate of drug-likeness (QED) is 0.416. The van der Waals surface area contributed by atoms with Gasteiger partial charge in [-0.2, -0.15) is 0 Å². The summed E-state index contributed by atoms with van der Waals surface area (Å²) in [5.41, 5.74) is 6.71. The number of rotatable bonds is 8. The molecule has 2 heterocycles. The number of benzene rings is 3. The average molecular weight is 474 g/mol. The lowest BCUT2D eigenvalue weighted by Gasteiger charge is -2.31. The standard InChI is InChI=1S/C28H31N3O4/c1-30-18-29-25-8-7-20(12-26(25)30)19-5-4-6-24(11-19)35-17-23(32)16-31-10-9-21-13-27(33-2)28(34-3)14-22(21)15-31/h4-8,11-14,18,23,32H,9-10,15-17H2,1-3H3. The molecule has 1 aliphatic heterocycles. The number of β-amino-alcohol motifs (C(OH)–C–C–N with tert-alkyl or cyclic N) is 1. The van der Waals surface area contributed by atoms with Gasteiger partial charge < -0.3 is 23.9 Å². The van der Waals surface area contributed by atoms with Crippen molar-refractivity contribution in [3.05, 3.63) is 72.1 Å². The molecule has 0 bridgehead atoms. The second-order valence-corrected chi connectivity index (χ2v) is 9.01. The fourth-order valence-corrected chi connectivity index (χ4v) is 4.71. The Bertz CT molecular complexity index is 1330. The van der Waals surface area contributed by atoms with Gasteiger partial charge in [-0.25, -0.2) is 4.98 Å². The number of hydrogen-bond donors (Lipinski definition) is 1. The smallest absolute Gasteiger partial charge is 0.161 e. The molecule has 35 heavy (non-hydrogen) atoms. The van der Waals surface area contributed by atoms with Gasteiger partial charge in [-0.15, -0.1) is 0 Å². The highest BCUT2D eigenvalue weighted by molar-refractivity contribution is 5.82. The van der Waals surface area contributed by atoms with Gasteiger partial charge in [0, 0.05) is 26.7 Å². The largest absolute Gasteiger partial charge is 0.493 e. The molecule has 1 atom stereocenters. The van der Waals surface area contributed by atoms with Crippen LogP contribution in [0.2, 0.25) is 0 Å². The topological polar surface area (TPSA) is 69.0 Å². The Labute approximate surface area is 205 Å². The van der Waals surface area contributed by atoms with Crippen LogP contribution in [0.4, 0.5) is 0 Å². The van der Waals surface area contributed by atoms with Gasteiger partial charge in [0.25, 0.3) is 0 Å². The Morgan fingerprint density at radius 2 is 1.74 bits per heavy atom. The van der Waals surface area contributed by atoms with Gasteiger partial charge in [0.05, 0.1) is 31.6 Å². The predicted molar refractivity (Wildman–Crippen MR) is 136 cm³/mol. The minimum Gasteiger partial charge on any atom is -0.493 e. The van der Waals surface area contributed by atoms with E-state index in [0.717, 1.165) is 58.9 Å². The van der Waals surface area contributed by atoms with Crippen molar-refractivity contribution in [2.75, 3.05) is 33.9 Å². The van der Waals surface area contributed by atoms with E-state index in [4.69, 9.17) is 14.2 Å². The fourth-order valence-electron chi connectivity index (χ4n) is 4.71. The number of methoxy groups -OCH3 is 2. The zero-order chi connectivity index (χ0) is 24.4. The molecule has 5 rings (SSSR count). The van der Waals surface area contributed by atoms with Gasteiger partial charge in [-0.05, 0) is 65.1 Å². The number of nitrogens with zero attached hydrogens (tertiary/aromatic N) is 3. The third-order valence-corrected chi connectivity index (χ3v) is 6.60. The number of aromatic nitrogens is 2. The number of ether oxygens (including phenoxy) is 3. The second kappa shape index (κ2) is 9.98. The molecule has 0 fully saturated rings. The van der Waals surface area contributed by atoms with E-state index in [-0.39, 0.29) is 6.61 Å². The minimum atomic E-state index is -0.592. The van der Waals surface area contributed by atoms with Crippen LogP contribution in [-0.2, 0) is 20.0 Å². The van der Waals surface area contributed by atoms with E-state index in [1.807, 2.05) is 48.3 Å². The van der Waals surface area contributed by atoms with Gasteiger partial charge >= 0.3 is 0 Å². The third-order valence-electron chi connectivity index (χ3n) is 6.60. The number of imidazole rings is 1. The molecule has 1 N–H and O–H groups in total. The van der Waals surface area contributed by atoms with Crippen molar-refractivity contribution in [3.8, 4) is 28.4 Å². The average Bonchev–Trinajstić information content (AvgIpc) is 3.26. The van der Waals surface area contributed by atoms with Gasteiger partial charge in [0.15, 0.2) is 11.5 Å². The number of fused-ring (bicyclic) bond motifs is 2. The predicted octanol–water partition coefficient (Wildman–Crippen LogP) is 4.06. The summed E-state index contributed by atoms with van der Waals surface area (Å²) in [4.78, 5) is 6.64. The van der Waals surface area contributed by atoms with Crippen molar-refractivity contribution >= 4 is 11.0 Å². The first-order chi connectivity index (χ1) is 17.0. The van der Waals surface area contributed by atoms with Crippen molar-refractivity contribution in [2.24, 2.45) is 7.05 Å². The number of aliphatic hydroxyl groups excluding tert-OH is 1. The van der Waals surface area contributed by atoms with Crippen LogP contribution in [0.3, 0.4) is 0 Å². The van der Waals surface area contributed by atoms with Gasteiger partial charge in [-0.3, -0.25) is 4.90 Å². The maximum Gasteiger partial charge on any atom is 0.161 e. The lowest BCUT2D eigenvalue weighted by Crippen LogP contribution is -2.38. The Hall–Kier alpha value is -3.55. The molecule has 3 aromatic carbocycles. The van der Waals surface area contributed by atoms with Crippen molar-refractivity contribution in [2.45, 2.75) is 19.1 Å². The second-order valence-electron chi connectivity index (χ2n) is 9.01. The Morgan fingerprint density at radius 3 is 2.54 bits per heavy atom. The maximum atomic E-state index is 10.7. The molecule has 182 valence electrons. The molecule has 1 aromatic heterocycles. The zero-order valence-corrected chi connectivity index (χ0v) is 20.4. The molecule has 1 unspecified atom stereocenters. The number of aliphatic hydroxyl groups is 1. The van der Waals surface area contributed by atoms with E-state index in [2.05, 4.69) is 34.1 Å². The summed E-state index contributed by atoms with van der Waals surface area (Å²) < 4.78 is 18.9. The monoisotopic (exact) mass is 473 g/mol. The summed E-state index contributed by atoms with van der Waals surface area (Å²) in [7, 11) is 5.30. The van der Waals surface area contributed by atoms with Crippen LogP contribution < -0.4 is 14.2 Å². The Morgan fingerprint density at radius 1 is 0.971 bits per heavy atom. The van der Waals surface area contributed by atoms with E-state index >= 15 is 0 Å². The summed E-state index contributed by atoms with van der Waals surface area (Å²) in [5, 5.41) is 10.7. The van der Waals surface area contributed by atoms with Crippen LogP contribution in [0.1, 0.15) is 11.1 Å². The molecular formula is C28H31N3O4. The van der Waals surface area contributed by atoms with E-state index in [1.165, 1.54) is 11.1 Å². The molecule has 7 nitrogen and oxygen atoms in total. The van der Waals surface area contributed by atoms with Gasteiger partial charge in [-0.1, -0.05) is 18.2 Å². The number of hydrogen-bond acceptors (Lipinski definition) is 6. The highest BCUT2D eigenvalue weighted by atomic mass is 16.5. The SMILES string of the molecule is COc1cc2c(cc1OC)CN(CC(O)COc1cccc(-c3ccc4ncn(C)c4c3)c1)CC2. The van der Waals surface area contributed by atoms with Crippen molar-refractivity contribution in [1.82, 2.24) is 14.5 Å². The zero-order valence-electron chi connectivity index (χ0n) is 20.4. The highest BCUT2D eigenvalue weighted by Gasteiger charge is 2.21. The third kappa shape index (κ3) is 4.97. The Kier molecular flexibility index (Phi) is 6.61. The highest BCUT2D eigenvalue weighted by Crippen LogP contribution is 2.33. The van der Waals surface area contributed by atoms with Gasteiger partial charge in [0.2, 0.25) is 0 Å². The van der Waals surface area contributed by atoms with E-state index in [1.54, 1.807) is 14.2 Å². The first-order valence-corrected chi connectivity index (χ1v) is 11.8. The molecule has 0 saturated heterocycles. The summed E-state index contributed by atoms with van der Waals surface area (Å²) in [6.45, 7) is 2.42. The molecular weight excluding hydrogens is 442 g/mol. The first-order valence-electron chi connectivity index (χ1n) is 11.8. The molecule has 0 spiro atoms. The fraction of sp³-hybridized carbons (Fsp3) is 0.321. The van der Waals surface area contributed by atoms with Crippen LogP contribution in [0.15, 0.2) is 60.9 Å². The summed E-state index contributed by atoms with van der Waals surface area (Å²) >= 11 is 0. The van der Waals surface area contributed by atoms with Crippen LogP contribution in [0.5, 0.6) is 17.2 Å². The van der Waals surface area contributed by atoms with Crippen LogP contribution in [-0.4, -0.2) is 59.6 Å². The lowest BCUT2D eigenvalue weighted by atomic mass is 9.98.